The monoisotopic (exact) mass is 366 g/mol. The molecule has 0 radical (unpaired) electrons. The highest BCUT2D eigenvalue weighted by molar-refractivity contribution is 6.00. The SMILES string of the molecule is Cn1cnc2cc(C(=O)NC3CCN(Cc4ccc(F)cc4)C3=O)ccc21. The van der Waals surface area contributed by atoms with Crippen LogP contribution in [-0.2, 0) is 18.4 Å². The molecule has 1 atom stereocenters. The van der Waals surface area contributed by atoms with Crippen molar-refractivity contribution in [3.8, 4) is 0 Å². The molecule has 0 bridgehead atoms. The average Bonchev–Trinajstić information content (AvgIpc) is 3.20. The van der Waals surface area contributed by atoms with Crippen LogP contribution in [0.3, 0.4) is 0 Å². The number of hydrogen-bond donors (Lipinski definition) is 1. The number of imidazole rings is 1. The van der Waals surface area contributed by atoms with Gasteiger partial charge in [0, 0.05) is 25.7 Å². The predicted molar refractivity (Wildman–Crippen MR) is 98.4 cm³/mol. The fourth-order valence-corrected chi connectivity index (χ4v) is 3.36. The van der Waals surface area contributed by atoms with E-state index in [1.54, 1.807) is 35.5 Å². The number of likely N-dealkylation sites (tertiary alicyclic amines) is 1. The summed E-state index contributed by atoms with van der Waals surface area (Å²) in [6.45, 7) is 0.964. The van der Waals surface area contributed by atoms with Crippen molar-refractivity contribution in [3.63, 3.8) is 0 Å². The summed E-state index contributed by atoms with van der Waals surface area (Å²) in [4.78, 5) is 31.1. The number of aryl methyl sites for hydroxylation is 1. The Balaban J connectivity index is 1.42. The molecule has 7 heteroatoms. The fraction of sp³-hybridized carbons (Fsp3) is 0.250. The summed E-state index contributed by atoms with van der Waals surface area (Å²) in [6.07, 6.45) is 2.25. The second-order valence-corrected chi connectivity index (χ2v) is 6.76. The number of carbonyl (C=O) groups excluding carboxylic acids is 2. The van der Waals surface area contributed by atoms with Crippen molar-refractivity contribution in [2.24, 2.45) is 7.05 Å². The van der Waals surface area contributed by atoms with Gasteiger partial charge in [0.05, 0.1) is 17.4 Å². The first kappa shape index (κ1) is 17.2. The third-order valence-electron chi connectivity index (χ3n) is 4.88. The highest BCUT2D eigenvalue weighted by Gasteiger charge is 2.32. The Bertz CT molecular complexity index is 1010. The van der Waals surface area contributed by atoms with E-state index in [1.165, 1.54) is 12.1 Å². The lowest BCUT2D eigenvalue weighted by atomic mass is 10.1. The Morgan fingerprint density at radius 3 is 2.81 bits per heavy atom. The quantitative estimate of drug-likeness (QED) is 0.770. The number of benzene rings is 2. The minimum absolute atomic E-state index is 0.119. The molecule has 27 heavy (non-hydrogen) atoms. The van der Waals surface area contributed by atoms with Gasteiger partial charge < -0.3 is 14.8 Å². The second kappa shape index (κ2) is 6.83. The Morgan fingerprint density at radius 2 is 2.04 bits per heavy atom. The molecule has 0 spiro atoms. The molecule has 6 nitrogen and oxygen atoms in total. The molecule has 2 heterocycles. The summed E-state index contributed by atoms with van der Waals surface area (Å²) in [7, 11) is 1.89. The van der Waals surface area contributed by atoms with E-state index in [2.05, 4.69) is 10.3 Å². The zero-order valence-corrected chi connectivity index (χ0v) is 14.9. The molecule has 1 N–H and O–H groups in total. The summed E-state index contributed by atoms with van der Waals surface area (Å²) in [6, 6.07) is 10.8. The van der Waals surface area contributed by atoms with E-state index in [0.29, 0.717) is 25.1 Å². The first-order chi connectivity index (χ1) is 13.0. The lowest BCUT2D eigenvalue weighted by molar-refractivity contribution is -0.129. The smallest absolute Gasteiger partial charge is 0.252 e. The van der Waals surface area contributed by atoms with E-state index < -0.39 is 6.04 Å². The van der Waals surface area contributed by atoms with Gasteiger partial charge in [-0.2, -0.15) is 0 Å². The van der Waals surface area contributed by atoms with Gasteiger partial charge in [-0.1, -0.05) is 12.1 Å². The van der Waals surface area contributed by atoms with Gasteiger partial charge in [0.15, 0.2) is 0 Å². The lowest BCUT2D eigenvalue weighted by Crippen LogP contribution is -2.41. The van der Waals surface area contributed by atoms with Crippen molar-refractivity contribution >= 4 is 22.8 Å². The molecule has 0 aliphatic carbocycles. The fourth-order valence-electron chi connectivity index (χ4n) is 3.36. The van der Waals surface area contributed by atoms with Crippen molar-refractivity contribution in [3.05, 3.63) is 65.7 Å². The van der Waals surface area contributed by atoms with E-state index in [9.17, 15) is 14.0 Å². The molecule has 1 aliphatic rings. The maximum absolute atomic E-state index is 13.0. The lowest BCUT2D eigenvalue weighted by Gasteiger charge is -2.17. The van der Waals surface area contributed by atoms with Crippen LogP contribution in [0.15, 0.2) is 48.8 Å². The summed E-state index contributed by atoms with van der Waals surface area (Å²) >= 11 is 0. The second-order valence-electron chi connectivity index (χ2n) is 6.76. The Hall–Kier alpha value is -3.22. The third-order valence-corrected chi connectivity index (χ3v) is 4.88. The Morgan fingerprint density at radius 1 is 1.26 bits per heavy atom. The number of aromatic nitrogens is 2. The zero-order chi connectivity index (χ0) is 19.0. The molecule has 2 aromatic carbocycles. The number of nitrogens with zero attached hydrogens (tertiary/aromatic N) is 3. The van der Waals surface area contributed by atoms with E-state index in [4.69, 9.17) is 0 Å². The zero-order valence-electron chi connectivity index (χ0n) is 14.9. The minimum atomic E-state index is -0.544. The number of amides is 2. The molecule has 1 saturated heterocycles. The molecule has 4 rings (SSSR count). The molecule has 1 aromatic heterocycles. The molecule has 1 unspecified atom stereocenters. The van der Waals surface area contributed by atoms with Crippen molar-refractivity contribution in [1.29, 1.82) is 0 Å². The minimum Gasteiger partial charge on any atom is -0.340 e. The van der Waals surface area contributed by atoms with Gasteiger partial charge >= 0.3 is 0 Å². The normalized spacial score (nSPS) is 16.9. The standard InChI is InChI=1S/C20H19FN4O2/c1-24-12-22-17-10-14(4-7-18(17)24)19(26)23-16-8-9-25(20(16)27)11-13-2-5-15(21)6-3-13/h2-7,10,12,16H,8-9,11H2,1H3,(H,23,26). The molecule has 2 amide bonds. The molecular weight excluding hydrogens is 347 g/mol. The van der Waals surface area contributed by atoms with Crippen molar-refractivity contribution in [2.75, 3.05) is 6.54 Å². The van der Waals surface area contributed by atoms with Crippen LogP contribution >= 0.6 is 0 Å². The number of hydrogen-bond acceptors (Lipinski definition) is 3. The van der Waals surface area contributed by atoms with Crippen LogP contribution in [-0.4, -0.2) is 38.9 Å². The van der Waals surface area contributed by atoms with Gasteiger partial charge in [-0.05, 0) is 42.3 Å². The van der Waals surface area contributed by atoms with E-state index in [1.807, 2.05) is 17.7 Å². The molecule has 1 fully saturated rings. The van der Waals surface area contributed by atoms with Gasteiger partial charge in [0.1, 0.15) is 11.9 Å². The number of carbonyl (C=O) groups is 2. The number of rotatable bonds is 4. The number of halogens is 1. The van der Waals surface area contributed by atoms with Crippen molar-refractivity contribution < 1.29 is 14.0 Å². The first-order valence-electron chi connectivity index (χ1n) is 8.76. The van der Waals surface area contributed by atoms with Gasteiger partial charge in [-0.3, -0.25) is 9.59 Å². The van der Waals surface area contributed by atoms with Gasteiger partial charge in [-0.25, -0.2) is 9.37 Å². The van der Waals surface area contributed by atoms with E-state index in [0.717, 1.165) is 16.6 Å². The Kier molecular flexibility index (Phi) is 4.35. The summed E-state index contributed by atoms with van der Waals surface area (Å²) in [5.41, 5.74) is 3.01. The number of fused-ring (bicyclic) bond motifs is 1. The van der Waals surface area contributed by atoms with Gasteiger partial charge in [0.25, 0.3) is 5.91 Å². The summed E-state index contributed by atoms with van der Waals surface area (Å²) < 4.78 is 14.9. The predicted octanol–water partition coefficient (Wildman–Crippen LogP) is 2.24. The maximum Gasteiger partial charge on any atom is 0.252 e. The maximum atomic E-state index is 13.0. The first-order valence-corrected chi connectivity index (χ1v) is 8.76. The highest BCUT2D eigenvalue weighted by atomic mass is 19.1. The van der Waals surface area contributed by atoms with Crippen LogP contribution in [0.2, 0.25) is 0 Å². The van der Waals surface area contributed by atoms with E-state index in [-0.39, 0.29) is 17.6 Å². The molecular formula is C20H19FN4O2. The van der Waals surface area contributed by atoms with Gasteiger partial charge in [0.2, 0.25) is 5.91 Å². The van der Waals surface area contributed by atoms with E-state index >= 15 is 0 Å². The molecule has 3 aromatic rings. The average molecular weight is 366 g/mol. The van der Waals surface area contributed by atoms with Crippen LogP contribution in [0.5, 0.6) is 0 Å². The van der Waals surface area contributed by atoms with Crippen LogP contribution in [0, 0.1) is 5.82 Å². The largest absolute Gasteiger partial charge is 0.340 e. The Labute approximate surface area is 155 Å². The summed E-state index contributed by atoms with van der Waals surface area (Å²) in [5.74, 6) is -0.711. The third kappa shape index (κ3) is 3.40. The van der Waals surface area contributed by atoms with Crippen LogP contribution in [0.4, 0.5) is 4.39 Å². The van der Waals surface area contributed by atoms with Crippen molar-refractivity contribution in [1.82, 2.24) is 19.8 Å². The van der Waals surface area contributed by atoms with Crippen LogP contribution in [0.1, 0.15) is 22.3 Å². The van der Waals surface area contributed by atoms with Crippen LogP contribution < -0.4 is 5.32 Å². The van der Waals surface area contributed by atoms with Gasteiger partial charge in [-0.15, -0.1) is 0 Å². The van der Waals surface area contributed by atoms with Crippen LogP contribution in [0.25, 0.3) is 11.0 Å². The highest BCUT2D eigenvalue weighted by Crippen LogP contribution is 2.18. The molecule has 1 aliphatic heterocycles. The summed E-state index contributed by atoms with van der Waals surface area (Å²) in [5, 5.41) is 2.82. The topological polar surface area (TPSA) is 67.2 Å². The number of nitrogens with one attached hydrogen (secondary N) is 1. The molecule has 138 valence electrons. The van der Waals surface area contributed by atoms with Crippen molar-refractivity contribution in [2.45, 2.75) is 19.0 Å². The molecule has 0 saturated carbocycles.